The first kappa shape index (κ1) is 16.3. The predicted octanol–water partition coefficient (Wildman–Crippen LogP) is 2.95. The zero-order valence-corrected chi connectivity index (χ0v) is 13.0. The molecule has 1 aromatic heterocycles. The standard InChI is InChI=1S/C17H16N2O4/c1-10-8-14(11(2)22-10)17(21)23-12(3)16(20)19-15-7-5-4-6-13(15)9-18/h4-8,12H,1-3H3,(H,19,20)/t12-/m0/s1. The molecular weight excluding hydrogens is 296 g/mol. The van der Waals surface area contributed by atoms with Crippen LogP contribution >= 0.6 is 0 Å². The van der Waals surface area contributed by atoms with Crippen LogP contribution in [0, 0.1) is 25.2 Å². The second-order valence-electron chi connectivity index (χ2n) is 5.02. The number of carbonyl (C=O) groups is 2. The van der Waals surface area contributed by atoms with Gasteiger partial charge in [-0.3, -0.25) is 4.79 Å². The van der Waals surface area contributed by atoms with Crippen LogP contribution in [0.15, 0.2) is 34.7 Å². The van der Waals surface area contributed by atoms with Gasteiger partial charge in [0.05, 0.1) is 11.3 Å². The number of benzene rings is 1. The zero-order valence-electron chi connectivity index (χ0n) is 13.0. The number of ether oxygens (including phenoxy) is 1. The molecule has 0 spiro atoms. The van der Waals surface area contributed by atoms with E-state index in [2.05, 4.69) is 5.32 Å². The van der Waals surface area contributed by atoms with Crippen LogP contribution in [0.1, 0.15) is 34.4 Å². The summed E-state index contributed by atoms with van der Waals surface area (Å²) in [5.74, 6) is -0.112. The van der Waals surface area contributed by atoms with Gasteiger partial charge in [-0.1, -0.05) is 12.1 Å². The maximum Gasteiger partial charge on any atom is 0.342 e. The fourth-order valence-corrected chi connectivity index (χ4v) is 2.04. The molecule has 1 heterocycles. The summed E-state index contributed by atoms with van der Waals surface area (Å²) in [6.07, 6.45) is -1.01. The fourth-order valence-electron chi connectivity index (χ4n) is 2.04. The van der Waals surface area contributed by atoms with Crippen LogP contribution in [-0.4, -0.2) is 18.0 Å². The van der Waals surface area contributed by atoms with Gasteiger partial charge in [0.15, 0.2) is 6.10 Å². The third-order valence-electron chi connectivity index (χ3n) is 3.22. The highest BCUT2D eigenvalue weighted by Crippen LogP contribution is 2.17. The second-order valence-corrected chi connectivity index (χ2v) is 5.02. The van der Waals surface area contributed by atoms with Crippen LogP contribution in [0.25, 0.3) is 0 Å². The summed E-state index contributed by atoms with van der Waals surface area (Å²) in [5.41, 5.74) is 0.999. The molecule has 6 heteroatoms. The number of nitrogens with one attached hydrogen (secondary N) is 1. The molecule has 1 atom stereocenters. The Morgan fingerprint density at radius 3 is 2.61 bits per heavy atom. The number of aryl methyl sites for hydroxylation is 2. The summed E-state index contributed by atoms with van der Waals surface area (Å²) in [6.45, 7) is 4.83. The lowest BCUT2D eigenvalue weighted by Crippen LogP contribution is -2.30. The average Bonchev–Trinajstić information content (AvgIpc) is 2.86. The maximum absolute atomic E-state index is 12.1. The minimum absolute atomic E-state index is 0.291. The van der Waals surface area contributed by atoms with E-state index in [0.717, 1.165) is 0 Å². The second kappa shape index (κ2) is 6.79. The molecule has 2 rings (SSSR count). The van der Waals surface area contributed by atoms with Crippen molar-refractivity contribution in [3.05, 3.63) is 53.0 Å². The molecule has 0 radical (unpaired) electrons. The first-order valence-electron chi connectivity index (χ1n) is 7.00. The van der Waals surface area contributed by atoms with Crippen molar-refractivity contribution < 1.29 is 18.7 Å². The summed E-state index contributed by atoms with van der Waals surface area (Å²) in [7, 11) is 0. The van der Waals surface area contributed by atoms with E-state index < -0.39 is 18.0 Å². The van der Waals surface area contributed by atoms with Crippen LogP contribution in [0.5, 0.6) is 0 Å². The molecule has 1 aromatic carbocycles. The van der Waals surface area contributed by atoms with Crippen molar-refractivity contribution in [2.24, 2.45) is 0 Å². The number of esters is 1. The van der Waals surface area contributed by atoms with Gasteiger partial charge in [-0.05, 0) is 39.0 Å². The molecule has 1 amide bonds. The van der Waals surface area contributed by atoms with Gasteiger partial charge < -0.3 is 14.5 Å². The lowest BCUT2D eigenvalue weighted by atomic mass is 10.2. The number of hydrogen-bond acceptors (Lipinski definition) is 5. The van der Waals surface area contributed by atoms with E-state index in [9.17, 15) is 9.59 Å². The third-order valence-corrected chi connectivity index (χ3v) is 3.22. The smallest absolute Gasteiger partial charge is 0.342 e. The first-order chi connectivity index (χ1) is 10.9. The number of furan rings is 1. The lowest BCUT2D eigenvalue weighted by molar-refractivity contribution is -0.123. The molecular formula is C17H16N2O4. The van der Waals surface area contributed by atoms with Gasteiger partial charge in [0.25, 0.3) is 5.91 Å². The van der Waals surface area contributed by atoms with Crippen LogP contribution in [0.3, 0.4) is 0 Å². The van der Waals surface area contributed by atoms with Gasteiger partial charge >= 0.3 is 5.97 Å². The largest absolute Gasteiger partial charge is 0.466 e. The summed E-state index contributed by atoms with van der Waals surface area (Å²) in [5, 5.41) is 11.6. The van der Waals surface area contributed by atoms with Gasteiger partial charge in [0, 0.05) is 0 Å². The van der Waals surface area contributed by atoms with E-state index in [1.807, 2.05) is 6.07 Å². The summed E-state index contributed by atoms with van der Waals surface area (Å²) in [4.78, 5) is 24.2. The maximum atomic E-state index is 12.1. The number of anilines is 1. The highest BCUT2D eigenvalue weighted by molar-refractivity contribution is 5.98. The number of para-hydroxylation sites is 1. The molecule has 0 fully saturated rings. The zero-order chi connectivity index (χ0) is 17.0. The van der Waals surface area contributed by atoms with Crippen molar-refractivity contribution in [2.45, 2.75) is 26.9 Å². The molecule has 0 aliphatic heterocycles. The Morgan fingerprint density at radius 1 is 1.30 bits per heavy atom. The van der Waals surface area contributed by atoms with Crippen molar-refractivity contribution >= 4 is 17.6 Å². The van der Waals surface area contributed by atoms with Crippen molar-refractivity contribution in [3.8, 4) is 6.07 Å². The van der Waals surface area contributed by atoms with E-state index in [4.69, 9.17) is 14.4 Å². The van der Waals surface area contributed by atoms with Gasteiger partial charge in [0.1, 0.15) is 23.2 Å². The van der Waals surface area contributed by atoms with Crippen LogP contribution in [-0.2, 0) is 9.53 Å². The van der Waals surface area contributed by atoms with Gasteiger partial charge in [0.2, 0.25) is 0 Å². The van der Waals surface area contributed by atoms with Gasteiger partial charge in [-0.15, -0.1) is 0 Å². The van der Waals surface area contributed by atoms with E-state index in [1.165, 1.54) is 6.92 Å². The molecule has 0 saturated carbocycles. The van der Waals surface area contributed by atoms with E-state index in [0.29, 0.717) is 28.3 Å². The summed E-state index contributed by atoms with van der Waals surface area (Å²) >= 11 is 0. The molecule has 0 bridgehead atoms. The topological polar surface area (TPSA) is 92.3 Å². The predicted molar refractivity (Wildman–Crippen MR) is 82.8 cm³/mol. The Kier molecular flexibility index (Phi) is 4.82. The Hall–Kier alpha value is -3.07. The van der Waals surface area contributed by atoms with Gasteiger partial charge in [-0.2, -0.15) is 5.26 Å². The van der Waals surface area contributed by atoms with Crippen LogP contribution < -0.4 is 5.32 Å². The van der Waals surface area contributed by atoms with E-state index in [1.54, 1.807) is 44.2 Å². The van der Waals surface area contributed by atoms with E-state index in [-0.39, 0.29) is 0 Å². The molecule has 0 aliphatic carbocycles. The van der Waals surface area contributed by atoms with Crippen LogP contribution in [0.4, 0.5) is 5.69 Å². The molecule has 0 unspecified atom stereocenters. The fraction of sp³-hybridized carbons (Fsp3) is 0.235. The number of hydrogen-bond donors (Lipinski definition) is 1. The van der Waals surface area contributed by atoms with E-state index >= 15 is 0 Å². The SMILES string of the molecule is Cc1cc(C(=O)O[C@@H](C)C(=O)Nc2ccccc2C#N)c(C)o1. The summed E-state index contributed by atoms with van der Waals surface area (Å²) < 4.78 is 10.4. The summed E-state index contributed by atoms with van der Waals surface area (Å²) in [6, 6.07) is 10.1. The normalized spacial score (nSPS) is 11.4. The van der Waals surface area contributed by atoms with Crippen molar-refractivity contribution in [2.75, 3.05) is 5.32 Å². The number of nitrogens with zero attached hydrogens (tertiary/aromatic N) is 1. The molecule has 2 aromatic rings. The Labute approximate surface area is 133 Å². The van der Waals surface area contributed by atoms with Gasteiger partial charge in [-0.25, -0.2) is 4.79 Å². The monoisotopic (exact) mass is 312 g/mol. The lowest BCUT2D eigenvalue weighted by Gasteiger charge is -2.13. The molecule has 118 valence electrons. The van der Waals surface area contributed by atoms with Crippen molar-refractivity contribution in [1.29, 1.82) is 5.26 Å². The Bertz CT molecular complexity index is 786. The minimum atomic E-state index is -1.01. The first-order valence-corrected chi connectivity index (χ1v) is 7.00. The quantitative estimate of drug-likeness (QED) is 0.876. The highest BCUT2D eigenvalue weighted by Gasteiger charge is 2.22. The highest BCUT2D eigenvalue weighted by atomic mass is 16.5. The average molecular weight is 312 g/mol. The number of amides is 1. The number of carbonyl (C=O) groups excluding carboxylic acids is 2. The third kappa shape index (κ3) is 3.77. The molecule has 6 nitrogen and oxygen atoms in total. The Balaban J connectivity index is 2.04. The van der Waals surface area contributed by atoms with Crippen molar-refractivity contribution in [3.63, 3.8) is 0 Å². The number of rotatable bonds is 4. The molecule has 0 aliphatic rings. The number of nitriles is 1. The molecule has 0 saturated heterocycles. The molecule has 1 N–H and O–H groups in total. The van der Waals surface area contributed by atoms with Crippen molar-refractivity contribution in [1.82, 2.24) is 0 Å². The van der Waals surface area contributed by atoms with Crippen LogP contribution in [0.2, 0.25) is 0 Å². The molecule has 23 heavy (non-hydrogen) atoms. The minimum Gasteiger partial charge on any atom is -0.466 e. The Morgan fingerprint density at radius 2 is 2.00 bits per heavy atom.